The van der Waals surface area contributed by atoms with Crippen molar-refractivity contribution in [2.45, 2.75) is 19.8 Å². The quantitative estimate of drug-likeness (QED) is 0.463. The summed E-state index contributed by atoms with van der Waals surface area (Å²) >= 11 is 6.21. The fourth-order valence-corrected chi connectivity index (χ4v) is 3.57. The van der Waals surface area contributed by atoms with Gasteiger partial charge in [0.25, 0.3) is 0 Å². The van der Waals surface area contributed by atoms with E-state index in [9.17, 15) is 9.18 Å². The van der Waals surface area contributed by atoms with E-state index in [0.717, 1.165) is 28.2 Å². The molecule has 0 unspecified atom stereocenters. The van der Waals surface area contributed by atoms with Crippen molar-refractivity contribution in [1.82, 2.24) is 9.38 Å². The molecular weight excluding hydrogens is 389 g/mol. The molecular formula is C23H19ClFN3O. The molecule has 4 rings (SSSR count). The van der Waals surface area contributed by atoms with Crippen LogP contribution in [0.5, 0.6) is 0 Å². The molecule has 0 fully saturated rings. The molecule has 1 N–H and O–H groups in total. The van der Waals surface area contributed by atoms with Crippen LogP contribution in [0, 0.1) is 12.7 Å². The fourth-order valence-electron chi connectivity index (χ4n) is 3.29. The van der Waals surface area contributed by atoms with Crippen molar-refractivity contribution in [2.24, 2.45) is 0 Å². The summed E-state index contributed by atoms with van der Waals surface area (Å²) in [5, 5.41) is 3.38. The van der Waals surface area contributed by atoms with Crippen LogP contribution in [-0.4, -0.2) is 15.3 Å². The summed E-state index contributed by atoms with van der Waals surface area (Å²) in [6, 6.07) is 17.5. The lowest BCUT2D eigenvalue weighted by Gasteiger charge is -2.09. The molecule has 0 saturated heterocycles. The van der Waals surface area contributed by atoms with Crippen molar-refractivity contribution in [3.63, 3.8) is 0 Å². The average molecular weight is 408 g/mol. The van der Waals surface area contributed by atoms with Crippen molar-refractivity contribution >= 4 is 28.8 Å². The van der Waals surface area contributed by atoms with Gasteiger partial charge in [0.05, 0.1) is 22.1 Å². The summed E-state index contributed by atoms with van der Waals surface area (Å²) in [6.45, 7) is 1.94. The number of nitrogens with zero attached hydrogens (tertiary/aromatic N) is 2. The molecule has 0 spiro atoms. The molecule has 2 aromatic carbocycles. The third-order valence-corrected chi connectivity index (χ3v) is 5.05. The Morgan fingerprint density at radius 3 is 2.69 bits per heavy atom. The van der Waals surface area contributed by atoms with Gasteiger partial charge in [-0.05, 0) is 67.4 Å². The largest absolute Gasteiger partial charge is 0.325 e. The molecule has 2 heterocycles. The second kappa shape index (κ2) is 8.05. The van der Waals surface area contributed by atoms with Gasteiger partial charge in [0, 0.05) is 18.2 Å². The zero-order chi connectivity index (χ0) is 20.4. The molecule has 2 aromatic heterocycles. The van der Waals surface area contributed by atoms with Gasteiger partial charge in [-0.2, -0.15) is 0 Å². The van der Waals surface area contributed by atoms with Gasteiger partial charge in [0.1, 0.15) is 11.5 Å². The van der Waals surface area contributed by atoms with Gasteiger partial charge in [0.2, 0.25) is 5.91 Å². The standard InChI is InChI=1S/C23H19ClFN3O/c1-15-5-10-19(18(24)14-15)26-22(29)12-11-20-23(16-6-8-17(25)9-7-16)27-21-4-2-3-13-28(20)21/h2-10,13-14H,11-12H2,1H3,(H,26,29). The lowest BCUT2D eigenvalue weighted by molar-refractivity contribution is -0.116. The number of rotatable bonds is 5. The summed E-state index contributed by atoms with van der Waals surface area (Å²) in [4.78, 5) is 17.2. The Hall–Kier alpha value is -3.18. The predicted molar refractivity (Wildman–Crippen MR) is 114 cm³/mol. The number of hydrogen-bond acceptors (Lipinski definition) is 2. The minimum Gasteiger partial charge on any atom is -0.325 e. The van der Waals surface area contributed by atoms with E-state index in [4.69, 9.17) is 11.6 Å². The van der Waals surface area contributed by atoms with Gasteiger partial charge in [-0.25, -0.2) is 9.37 Å². The van der Waals surface area contributed by atoms with Crippen molar-refractivity contribution in [3.05, 3.63) is 89.0 Å². The van der Waals surface area contributed by atoms with E-state index in [1.54, 1.807) is 18.2 Å². The number of benzene rings is 2. The Balaban J connectivity index is 1.59. The highest BCUT2D eigenvalue weighted by Gasteiger charge is 2.16. The Morgan fingerprint density at radius 1 is 1.14 bits per heavy atom. The van der Waals surface area contributed by atoms with Crippen LogP contribution in [-0.2, 0) is 11.2 Å². The third kappa shape index (κ3) is 4.15. The Labute approximate surface area is 173 Å². The van der Waals surface area contributed by atoms with E-state index < -0.39 is 0 Å². The molecule has 4 nitrogen and oxygen atoms in total. The van der Waals surface area contributed by atoms with E-state index in [0.29, 0.717) is 17.1 Å². The number of hydrogen-bond donors (Lipinski definition) is 1. The molecule has 0 bridgehead atoms. The number of imidazole rings is 1. The summed E-state index contributed by atoms with van der Waals surface area (Å²) in [5.74, 6) is -0.430. The molecule has 0 atom stereocenters. The summed E-state index contributed by atoms with van der Waals surface area (Å²) in [6.07, 6.45) is 2.66. The molecule has 0 aliphatic heterocycles. The number of aromatic nitrogens is 2. The lowest BCUT2D eigenvalue weighted by Crippen LogP contribution is -2.13. The highest BCUT2D eigenvalue weighted by Crippen LogP contribution is 2.27. The molecule has 0 aliphatic rings. The van der Waals surface area contributed by atoms with Gasteiger partial charge in [-0.1, -0.05) is 23.7 Å². The maximum Gasteiger partial charge on any atom is 0.224 e. The maximum atomic E-state index is 13.3. The third-order valence-electron chi connectivity index (χ3n) is 4.73. The van der Waals surface area contributed by atoms with Crippen LogP contribution >= 0.6 is 11.6 Å². The number of carbonyl (C=O) groups is 1. The molecule has 4 aromatic rings. The van der Waals surface area contributed by atoms with Crippen molar-refractivity contribution in [3.8, 4) is 11.3 Å². The van der Waals surface area contributed by atoms with E-state index in [1.165, 1.54) is 12.1 Å². The molecule has 1 amide bonds. The monoisotopic (exact) mass is 407 g/mol. The molecule has 0 aliphatic carbocycles. The number of halogens is 2. The van der Waals surface area contributed by atoms with Gasteiger partial charge in [-0.3, -0.25) is 4.79 Å². The Morgan fingerprint density at radius 2 is 1.93 bits per heavy atom. The minimum absolute atomic E-state index is 0.133. The molecule has 146 valence electrons. The molecule has 29 heavy (non-hydrogen) atoms. The van der Waals surface area contributed by atoms with Crippen LogP contribution in [0.2, 0.25) is 5.02 Å². The zero-order valence-electron chi connectivity index (χ0n) is 15.8. The summed E-state index contributed by atoms with van der Waals surface area (Å²) in [5.41, 5.74) is 4.87. The SMILES string of the molecule is Cc1ccc(NC(=O)CCc2c(-c3ccc(F)cc3)nc3ccccn23)c(Cl)c1. The number of anilines is 1. The summed E-state index contributed by atoms with van der Waals surface area (Å²) < 4.78 is 15.3. The fraction of sp³-hybridized carbons (Fsp3) is 0.130. The molecule has 6 heteroatoms. The lowest BCUT2D eigenvalue weighted by atomic mass is 10.1. The van der Waals surface area contributed by atoms with Crippen LogP contribution in [0.25, 0.3) is 16.9 Å². The first-order chi connectivity index (χ1) is 14.0. The number of amides is 1. The number of fused-ring (bicyclic) bond motifs is 1. The molecule has 0 radical (unpaired) electrons. The molecule has 0 saturated carbocycles. The topological polar surface area (TPSA) is 46.4 Å². The van der Waals surface area contributed by atoms with E-state index in [1.807, 2.05) is 47.9 Å². The van der Waals surface area contributed by atoms with Gasteiger partial charge >= 0.3 is 0 Å². The van der Waals surface area contributed by atoms with Crippen LogP contribution < -0.4 is 5.32 Å². The van der Waals surface area contributed by atoms with E-state index >= 15 is 0 Å². The van der Waals surface area contributed by atoms with Gasteiger partial charge in [0.15, 0.2) is 0 Å². The maximum absolute atomic E-state index is 13.3. The van der Waals surface area contributed by atoms with Crippen LogP contribution in [0.1, 0.15) is 17.7 Å². The number of pyridine rings is 1. The number of nitrogens with one attached hydrogen (secondary N) is 1. The average Bonchev–Trinajstić information content (AvgIpc) is 3.08. The van der Waals surface area contributed by atoms with Crippen molar-refractivity contribution < 1.29 is 9.18 Å². The van der Waals surface area contributed by atoms with Crippen molar-refractivity contribution in [2.75, 3.05) is 5.32 Å². The summed E-state index contributed by atoms with van der Waals surface area (Å²) in [7, 11) is 0. The van der Waals surface area contributed by atoms with Crippen LogP contribution in [0.4, 0.5) is 10.1 Å². The first-order valence-corrected chi connectivity index (χ1v) is 9.67. The predicted octanol–water partition coefficient (Wildman–Crippen LogP) is 5.67. The van der Waals surface area contributed by atoms with Crippen LogP contribution in [0.3, 0.4) is 0 Å². The van der Waals surface area contributed by atoms with Gasteiger partial charge < -0.3 is 9.72 Å². The Bertz CT molecular complexity index is 1180. The second-order valence-corrected chi connectivity index (χ2v) is 7.28. The van der Waals surface area contributed by atoms with E-state index in [-0.39, 0.29) is 18.1 Å². The Kier molecular flexibility index (Phi) is 5.32. The van der Waals surface area contributed by atoms with Crippen molar-refractivity contribution in [1.29, 1.82) is 0 Å². The second-order valence-electron chi connectivity index (χ2n) is 6.87. The number of carbonyl (C=O) groups excluding carboxylic acids is 1. The highest BCUT2D eigenvalue weighted by molar-refractivity contribution is 6.33. The first kappa shape index (κ1) is 19.2. The van der Waals surface area contributed by atoms with E-state index in [2.05, 4.69) is 10.3 Å². The first-order valence-electron chi connectivity index (χ1n) is 9.29. The normalized spacial score (nSPS) is 11.0. The highest BCUT2D eigenvalue weighted by atomic mass is 35.5. The van der Waals surface area contributed by atoms with Gasteiger partial charge in [-0.15, -0.1) is 0 Å². The number of aryl methyl sites for hydroxylation is 2. The van der Waals surface area contributed by atoms with Crippen LogP contribution in [0.15, 0.2) is 66.9 Å². The zero-order valence-corrected chi connectivity index (χ0v) is 16.6. The smallest absolute Gasteiger partial charge is 0.224 e. The minimum atomic E-state index is -0.298.